The topological polar surface area (TPSA) is 32.3 Å². The normalized spacial score (nSPS) is 19.1. The number of aromatic nitrogens is 2. The number of nitrogens with zero attached hydrogens (tertiary/aromatic N) is 4. The molecule has 0 saturated carbocycles. The molecule has 3 heterocycles. The first kappa shape index (κ1) is 25.4. The maximum atomic E-state index is 5.10. The van der Waals surface area contributed by atoms with Crippen LogP contribution < -0.4 is 9.21 Å². The van der Waals surface area contributed by atoms with Gasteiger partial charge in [0.2, 0.25) is 5.95 Å². The van der Waals surface area contributed by atoms with E-state index >= 15 is 0 Å². The Morgan fingerprint density at radius 3 is 2.55 bits per heavy atom. The molecule has 1 aromatic heterocycles. The van der Waals surface area contributed by atoms with Crippen molar-refractivity contribution in [3.63, 3.8) is 0 Å². The van der Waals surface area contributed by atoms with Crippen molar-refractivity contribution in [2.24, 2.45) is 5.92 Å². The van der Waals surface area contributed by atoms with Gasteiger partial charge in [-0.15, -0.1) is 23.5 Å². The van der Waals surface area contributed by atoms with Crippen LogP contribution in [0.25, 0.3) is 5.57 Å². The molecular weight excluding hydrogens is 448 g/mol. The van der Waals surface area contributed by atoms with Gasteiger partial charge in [0.1, 0.15) is 5.82 Å². The van der Waals surface area contributed by atoms with Crippen LogP contribution in [0.15, 0.2) is 58.4 Å². The third-order valence-electron chi connectivity index (χ3n) is 6.26. The van der Waals surface area contributed by atoms with E-state index in [2.05, 4.69) is 98.6 Å². The first-order chi connectivity index (χ1) is 15.4. The van der Waals surface area contributed by atoms with Gasteiger partial charge in [-0.1, -0.05) is 44.2 Å². The molecule has 6 heteroatoms. The highest BCUT2D eigenvalue weighted by molar-refractivity contribution is 8.24. The third-order valence-corrected chi connectivity index (χ3v) is 8.64. The molecule has 1 unspecified atom stereocenters. The fourth-order valence-electron chi connectivity index (χ4n) is 4.44. The summed E-state index contributed by atoms with van der Waals surface area (Å²) in [4.78, 5) is 13.8. The van der Waals surface area contributed by atoms with Gasteiger partial charge in [0.15, 0.2) is 0 Å². The number of benzene rings is 1. The molecule has 0 radical (unpaired) electrons. The van der Waals surface area contributed by atoms with Crippen LogP contribution in [0.2, 0.25) is 0 Å². The van der Waals surface area contributed by atoms with Crippen molar-refractivity contribution >= 4 is 40.8 Å². The Morgan fingerprint density at radius 1 is 1.12 bits per heavy atom. The second-order valence-electron chi connectivity index (χ2n) is 9.05. The average Bonchev–Trinajstić information content (AvgIpc) is 3.16. The molecule has 2 aliphatic rings. The van der Waals surface area contributed by atoms with Crippen molar-refractivity contribution in [3.05, 3.63) is 75.2 Å². The predicted molar refractivity (Wildman–Crippen MR) is 149 cm³/mol. The maximum absolute atomic E-state index is 5.10. The zero-order chi connectivity index (χ0) is 22.8. The summed E-state index contributed by atoms with van der Waals surface area (Å²) in [5.41, 5.74) is 6.53. The van der Waals surface area contributed by atoms with Crippen molar-refractivity contribution in [1.29, 1.82) is 0 Å². The molecule has 2 aliphatic heterocycles. The summed E-state index contributed by atoms with van der Waals surface area (Å²) in [6, 6.07) is 10.8. The van der Waals surface area contributed by atoms with Crippen molar-refractivity contribution < 1.29 is 0 Å². The first-order valence-corrected chi connectivity index (χ1v) is 13.1. The van der Waals surface area contributed by atoms with Crippen molar-refractivity contribution in [2.45, 2.75) is 48.0 Å². The van der Waals surface area contributed by atoms with E-state index in [1.807, 2.05) is 0 Å². The van der Waals surface area contributed by atoms with Crippen LogP contribution in [-0.2, 0) is 0 Å². The molecule has 2 aromatic rings. The number of halogens is 1. The molecule has 0 spiro atoms. The summed E-state index contributed by atoms with van der Waals surface area (Å²) >= 11 is -0.532. The molecule has 178 valence electrons. The van der Waals surface area contributed by atoms with Crippen LogP contribution in [0, 0.1) is 19.8 Å². The van der Waals surface area contributed by atoms with Crippen LogP contribution in [0.5, 0.6) is 0 Å². The van der Waals surface area contributed by atoms with Crippen LogP contribution >= 0.6 is 23.5 Å². The minimum absolute atomic E-state index is 0. The van der Waals surface area contributed by atoms with Gasteiger partial charge in [-0.3, -0.25) is 4.31 Å². The molecule has 0 N–H and O–H groups in total. The van der Waals surface area contributed by atoms with Crippen LogP contribution in [0.3, 0.4) is 0 Å². The lowest BCUT2D eigenvalue weighted by atomic mass is 9.97. The van der Waals surface area contributed by atoms with E-state index in [4.69, 9.17) is 9.97 Å². The van der Waals surface area contributed by atoms with Gasteiger partial charge >= 0.3 is 0 Å². The van der Waals surface area contributed by atoms with Gasteiger partial charge in [0.25, 0.3) is 0 Å². The fourth-order valence-corrected chi connectivity index (χ4v) is 6.68. The van der Waals surface area contributed by atoms with Crippen LogP contribution in [0.1, 0.15) is 50.9 Å². The SMILES string of the molecule is CCN(c1nc(C)cc(N2CCC=C(c3ccccc3C)C2)n1)[SH]1C=C(C(C)C)C=C1C.Cl. The highest BCUT2D eigenvalue weighted by Crippen LogP contribution is 2.49. The highest BCUT2D eigenvalue weighted by atomic mass is 35.5. The Morgan fingerprint density at radius 2 is 1.88 bits per heavy atom. The molecule has 0 fully saturated rings. The van der Waals surface area contributed by atoms with E-state index in [1.54, 1.807) is 0 Å². The monoisotopic (exact) mass is 484 g/mol. The Labute approximate surface area is 208 Å². The number of hydrogen-bond donors (Lipinski definition) is 1. The van der Waals surface area contributed by atoms with Crippen LogP contribution in [-0.4, -0.2) is 29.6 Å². The Hall–Kier alpha value is -2.24. The molecule has 0 amide bonds. The van der Waals surface area contributed by atoms with Gasteiger partial charge in [-0.05, 0) is 78.7 Å². The van der Waals surface area contributed by atoms with Crippen molar-refractivity contribution in [3.8, 4) is 0 Å². The quantitative estimate of drug-likeness (QED) is 0.447. The number of thiol groups is 1. The van der Waals surface area contributed by atoms with Crippen molar-refractivity contribution in [1.82, 2.24) is 9.97 Å². The van der Waals surface area contributed by atoms with E-state index in [9.17, 15) is 0 Å². The average molecular weight is 485 g/mol. The summed E-state index contributed by atoms with van der Waals surface area (Å²) in [5.74, 6) is 2.44. The number of rotatable bonds is 6. The fraction of sp³-hybridized carbons (Fsp3) is 0.407. The molecule has 4 nitrogen and oxygen atoms in total. The summed E-state index contributed by atoms with van der Waals surface area (Å²) in [6.07, 6.45) is 5.79. The Kier molecular flexibility index (Phi) is 8.30. The molecule has 1 aromatic carbocycles. The number of aryl methyl sites for hydroxylation is 2. The standard InChI is InChI=1S/C27H36N4S.ClH/c1-7-31(32-18-24(19(2)3)16-22(32)6)27-28-21(5)15-26(29-27)30-14-10-12-23(17-30)25-13-9-8-11-20(25)4;/h8-9,11-13,15-16,18-19,32H,7,10,14,17H2,1-6H3;1H. The summed E-state index contributed by atoms with van der Waals surface area (Å²) in [5, 5.41) is 2.45. The number of anilines is 2. The lowest BCUT2D eigenvalue weighted by Gasteiger charge is -2.33. The molecule has 0 saturated heterocycles. The van der Waals surface area contributed by atoms with Crippen LogP contribution in [0.4, 0.5) is 11.8 Å². The van der Waals surface area contributed by atoms with Gasteiger partial charge in [0, 0.05) is 31.4 Å². The molecular formula is C27H37ClN4S. The van der Waals surface area contributed by atoms with E-state index in [1.165, 1.54) is 27.2 Å². The van der Waals surface area contributed by atoms with Gasteiger partial charge < -0.3 is 4.90 Å². The molecule has 1 atom stereocenters. The largest absolute Gasteiger partial charge is 0.352 e. The molecule has 33 heavy (non-hydrogen) atoms. The zero-order valence-corrected chi connectivity index (χ0v) is 22.4. The van der Waals surface area contributed by atoms with Gasteiger partial charge in [-0.2, -0.15) is 4.98 Å². The van der Waals surface area contributed by atoms with Gasteiger partial charge in [0.05, 0.1) is 0 Å². The molecule has 0 bridgehead atoms. The second kappa shape index (κ2) is 10.8. The predicted octanol–water partition coefficient (Wildman–Crippen LogP) is 7.01. The van der Waals surface area contributed by atoms with E-state index in [0.717, 1.165) is 43.5 Å². The first-order valence-electron chi connectivity index (χ1n) is 11.7. The Balaban J connectivity index is 0.00000306. The van der Waals surface area contributed by atoms with Crippen molar-refractivity contribution in [2.75, 3.05) is 28.8 Å². The minimum Gasteiger partial charge on any atom is -0.352 e. The highest BCUT2D eigenvalue weighted by Gasteiger charge is 2.24. The summed E-state index contributed by atoms with van der Waals surface area (Å²) in [7, 11) is 0. The lowest BCUT2D eigenvalue weighted by molar-refractivity contribution is 0.794. The third kappa shape index (κ3) is 5.47. The summed E-state index contributed by atoms with van der Waals surface area (Å²) < 4.78 is 2.40. The Bertz CT molecular complexity index is 1090. The molecule has 4 rings (SSSR count). The van der Waals surface area contributed by atoms with E-state index < -0.39 is 11.1 Å². The lowest BCUT2D eigenvalue weighted by Crippen LogP contribution is -2.31. The molecule has 0 aliphatic carbocycles. The minimum atomic E-state index is -0.532. The maximum Gasteiger partial charge on any atom is 0.236 e. The zero-order valence-electron chi connectivity index (χ0n) is 20.7. The van der Waals surface area contributed by atoms with Gasteiger partial charge in [-0.25, -0.2) is 4.98 Å². The number of hydrogen-bond acceptors (Lipinski definition) is 4. The number of allylic oxidation sites excluding steroid dienone is 3. The summed E-state index contributed by atoms with van der Waals surface area (Å²) in [6.45, 7) is 16.0. The van der Waals surface area contributed by atoms with E-state index in [0.29, 0.717) is 5.92 Å². The second-order valence-corrected chi connectivity index (χ2v) is 11.2. The van der Waals surface area contributed by atoms with E-state index in [-0.39, 0.29) is 12.4 Å². The smallest absolute Gasteiger partial charge is 0.236 e.